The molecule has 6 heteroatoms. The maximum absolute atomic E-state index is 13.6. The van der Waals surface area contributed by atoms with E-state index in [4.69, 9.17) is 10.5 Å². The smallest absolute Gasteiger partial charge is 0.258 e. The van der Waals surface area contributed by atoms with Crippen LogP contribution in [0.1, 0.15) is 13.8 Å². The molecule has 20 heavy (non-hydrogen) atoms. The van der Waals surface area contributed by atoms with Gasteiger partial charge in [-0.1, -0.05) is 26.0 Å². The van der Waals surface area contributed by atoms with Gasteiger partial charge in [0.1, 0.15) is 11.5 Å². The number of amides is 1. The molecule has 1 heterocycles. The van der Waals surface area contributed by atoms with E-state index < -0.39 is 17.8 Å². The van der Waals surface area contributed by atoms with E-state index >= 15 is 0 Å². The van der Waals surface area contributed by atoms with Crippen molar-refractivity contribution < 1.29 is 13.9 Å². The Morgan fingerprint density at radius 3 is 2.70 bits per heavy atom. The molecule has 0 aliphatic carbocycles. The van der Waals surface area contributed by atoms with Crippen molar-refractivity contribution in [2.24, 2.45) is 11.7 Å². The third-order valence-electron chi connectivity index (χ3n) is 2.81. The van der Waals surface area contributed by atoms with Gasteiger partial charge in [-0.2, -0.15) is 5.10 Å². The van der Waals surface area contributed by atoms with Crippen LogP contribution in [0.15, 0.2) is 36.7 Å². The minimum atomic E-state index is -0.742. The van der Waals surface area contributed by atoms with Gasteiger partial charge in [0.25, 0.3) is 5.91 Å². The van der Waals surface area contributed by atoms with Crippen LogP contribution in [0.4, 0.5) is 4.39 Å². The Morgan fingerprint density at radius 1 is 1.40 bits per heavy atom. The minimum Gasteiger partial charge on any atom is -0.477 e. The molecule has 1 atom stereocenters. The molecule has 0 saturated heterocycles. The van der Waals surface area contributed by atoms with Crippen LogP contribution in [-0.4, -0.2) is 21.8 Å². The highest BCUT2D eigenvalue weighted by molar-refractivity contribution is 5.79. The van der Waals surface area contributed by atoms with E-state index in [1.54, 1.807) is 18.2 Å². The second-order valence-corrected chi connectivity index (χ2v) is 4.76. The summed E-state index contributed by atoms with van der Waals surface area (Å²) in [5.74, 6) is -0.633. The van der Waals surface area contributed by atoms with Crippen LogP contribution in [-0.2, 0) is 4.79 Å². The molecular weight excluding hydrogens is 261 g/mol. The van der Waals surface area contributed by atoms with Crippen LogP contribution in [0, 0.1) is 11.7 Å². The number of hydrogen-bond donors (Lipinski definition) is 1. The van der Waals surface area contributed by atoms with Crippen LogP contribution < -0.4 is 10.5 Å². The van der Waals surface area contributed by atoms with E-state index in [1.807, 2.05) is 13.8 Å². The summed E-state index contributed by atoms with van der Waals surface area (Å²) in [4.78, 5) is 11.3. The fourth-order valence-corrected chi connectivity index (χ4v) is 1.81. The highest BCUT2D eigenvalue weighted by Crippen LogP contribution is 2.19. The molecule has 0 fully saturated rings. The lowest BCUT2D eigenvalue weighted by Crippen LogP contribution is -2.37. The summed E-state index contributed by atoms with van der Waals surface area (Å²) in [6.45, 7) is 3.66. The molecule has 0 bridgehead atoms. The summed E-state index contributed by atoms with van der Waals surface area (Å²) in [5, 5.41) is 4.02. The molecule has 2 aromatic rings. The standard InChI is InChI=1S/C14H16FN3O2/c1-9(2)13(14(16)19)20-10-7-17-18(8-10)12-6-4-3-5-11(12)15/h3-9,13H,1-2H3,(H2,16,19). The number of hydrogen-bond acceptors (Lipinski definition) is 3. The molecule has 0 spiro atoms. The molecule has 1 aromatic carbocycles. The van der Waals surface area contributed by atoms with Crippen LogP contribution in [0.25, 0.3) is 5.69 Å². The highest BCUT2D eigenvalue weighted by Gasteiger charge is 2.22. The Bertz CT molecular complexity index is 610. The molecule has 0 aliphatic rings. The largest absolute Gasteiger partial charge is 0.477 e. The van der Waals surface area contributed by atoms with Crippen LogP contribution in [0.5, 0.6) is 5.75 Å². The number of carbonyl (C=O) groups excluding carboxylic acids is 1. The molecule has 2 rings (SSSR count). The van der Waals surface area contributed by atoms with E-state index in [1.165, 1.54) is 23.1 Å². The molecule has 5 nitrogen and oxygen atoms in total. The van der Waals surface area contributed by atoms with Crippen molar-refractivity contribution in [3.05, 3.63) is 42.5 Å². The monoisotopic (exact) mass is 277 g/mol. The normalized spacial score (nSPS) is 12.4. The number of aromatic nitrogens is 2. The molecule has 2 N–H and O–H groups in total. The fourth-order valence-electron chi connectivity index (χ4n) is 1.81. The Morgan fingerprint density at radius 2 is 2.10 bits per heavy atom. The zero-order valence-corrected chi connectivity index (χ0v) is 11.3. The number of benzene rings is 1. The van der Waals surface area contributed by atoms with Crippen LogP contribution >= 0.6 is 0 Å². The minimum absolute atomic E-state index is 0.0655. The summed E-state index contributed by atoms with van der Waals surface area (Å²) in [5.41, 5.74) is 5.58. The zero-order chi connectivity index (χ0) is 14.7. The average Bonchev–Trinajstić information content (AvgIpc) is 2.84. The van der Waals surface area contributed by atoms with Crippen LogP contribution in [0.3, 0.4) is 0 Å². The maximum Gasteiger partial charge on any atom is 0.258 e. The van der Waals surface area contributed by atoms with E-state index in [-0.39, 0.29) is 5.92 Å². The predicted octanol–water partition coefficient (Wildman–Crippen LogP) is 1.90. The molecule has 1 unspecified atom stereocenters. The zero-order valence-electron chi connectivity index (χ0n) is 11.3. The molecular formula is C14H16FN3O2. The van der Waals surface area contributed by atoms with E-state index in [2.05, 4.69) is 5.10 Å². The van der Waals surface area contributed by atoms with Gasteiger partial charge in [-0.15, -0.1) is 0 Å². The van der Waals surface area contributed by atoms with Gasteiger partial charge >= 0.3 is 0 Å². The second-order valence-electron chi connectivity index (χ2n) is 4.76. The average molecular weight is 277 g/mol. The fraction of sp³-hybridized carbons (Fsp3) is 0.286. The summed E-state index contributed by atoms with van der Waals surface area (Å²) >= 11 is 0. The molecule has 1 amide bonds. The van der Waals surface area contributed by atoms with Crippen molar-refractivity contribution in [3.8, 4) is 11.4 Å². The number of nitrogens with two attached hydrogens (primary N) is 1. The number of rotatable bonds is 5. The van der Waals surface area contributed by atoms with Crippen molar-refractivity contribution in [2.45, 2.75) is 20.0 Å². The van der Waals surface area contributed by atoms with Gasteiger partial charge in [-0.3, -0.25) is 4.79 Å². The van der Waals surface area contributed by atoms with Crippen molar-refractivity contribution in [2.75, 3.05) is 0 Å². The highest BCUT2D eigenvalue weighted by atomic mass is 19.1. The third-order valence-corrected chi connectivity index (χ3v) is 2.81. The van der Waals surface area contributed by atoms with Gasteiger partial charge in [-0.05, 0) is 18.1 Å². The first-order valence-electron chi connectivity index (χ1n) is 6.24. The lowest BCUT2D eigenvalue weighted by molar-refractivity contribution is -0.126. The van der Waals surface area contributed by atoms with E-state index in [0.717, 1.165) is 0 Å². The van der Waals surface area contributed by atoms with Crippen molar-refractivity contribution in [1.29, 1.82) is 0 Å². The molecule has 1 aromatic heterocycles. The van der Waals surface area contributed by atoms with Crippen molar-refractivity contribution in [1.82, 2.24) is 9.78 Å². The topological polar surface area (TPSA) is 70.1 Å². The Kier molecular flexibility index (Phi) is 4.02. The Hall–Kier alpha value is -2.37. The van der Waals surface area contributed by atoms with Crippen molar-refractivity contribution in [3.63, 3.8) is 0 Å². The Balaban J connectivity index is 2.21. The number of ether oxygens (including phenoxy) is 1. The van der Waals surface area contributed by atoms with Crippen molar-refractivity contribution >= 4 is 5.91 Å². The van der Waals surface area contributed by atoms with Gasteiger partial charge < -0.3 is 10.5 Å². The second kappa shape index (κ2) is 5.73. The van der Waals surface area contributed by atoms with Gasteiger partial charge in [-0.25, -0.2) is 9.07 Å². The lowest BCUT2D eigenvalue weighted by Gasteiger charge is -2.17. The van der Waals surface area contributed by atoms with Gasteiger partial charge in [0.2, 0.25) is 0 Å². The number of halogens is 1. The number of nitrogens with zero attached hydrogens (tertiary/aromatic N) is 2. The Labute approximate surface area is 116 Å². The number of primary amides is 1. The number of para-hydroxylation sites is 1. The predicted molar refractivity (Wildman–Crippen MR) is 72.0 cm³/mol. The maximum atomic E-state index is 13.6. The molecule has 0 saturated carbocycles. The summed E-state index contributed by atoms with van der Waals surface area (Å²) < 4.78 is 20.5. The quantitative estimate of drug-likeness (QED) is 0.907. The van der Waals surface area contributed by atoms with Gasteiger partial charge in [0, 0.05) is 0 Å². The van der Waals surface area contributed by atoms with E-state index in [9.17, 15) is 9.18 Å². The van der Waals surface area contributed by atoms with Gasteiger partial charge in [0.05, 0.1) is 12.4 Å². The first-order valence-corrected chi connectivity index (χ1v) is 6.24. The first kappa shape index (κ1) is 14.0. The summed E-state index contributed by atoms with van der Waals surface area (Å²) in [6, 6.07) is 6.25. The lowest BCUT2D eigenvalue weighted by atomic mass is 10.1. The molecule has 0 radical (unpaired) electrons. The molecule has 106 valence electrons. The van der Waals surface area contributed by atoms with E-state index in [0.29, 0.717) is 11.4 Å². The summed E-state index contributed by atoms with van der Waals surface area (Å²) in [6.07, 6.45) is 2.19. The summed E-state index contributed by atoms with van der Waals surface area (Å²) in [7, 11) is 0. The van der Waals surface area contributed by atoms with Gasteiger partial charge in [0.15, 0.2) is 11.9 Å². The third kappa shape index (κ3) is 2.96. The first-order chi connectivity index (χ1) is 9.49. The van der Waals surface area contributed by atoms with Crippen LogP contribution in [0.2, 0.25) is 0 Å². The SMILES string of the molecule is CC(C)C(Oc1cnn(-c2ccccc2F)c1)C(N)=O. The molecule has 0 aliphatic heterocycles. The number of carbonyl (C=O) groups is 1.